The molecule has 0 atom stereocenters. The van der Waals surface area contributed by atoms with E-state index in [1.807, 2.05) is 31.2 Å². The third-order valence-corrected chi connectivity index (χ3v) is 5.87. The molecule has 1 aromatic heterocycles. The standard InChI is InChI=1S/C21H22ClN5O3S/c1-14-7-8-15(11-16(14)22)27-13-24-25-21(27)31-12-20(29)26(10-9-19(23)28)17-5-3-4-6-18(17)30-2/h3-8,11,13H,9-10,12H2,1-2H3,(H2,23,28). The van der Waals surface area contributed by atoms with Crippen molar-refractivity contribution in [2.45, 2.75) is 18.5 Å². The van der Waals surface area contributed by atoms with Crippen LogP contribution in [0.15, 0.2) is 53.9 Å². The molecule has 0 radical (unpaired) electrons. The summed E-state index contributed by atoms with van der Waals surface area (Å²) in [7, 11) is 1.53. The Balaban J connectivity index is 1.79. The van der Waals surface area contributed by atoms with E-state index in [-0.39, 0.29) is 24.6 Å². The maximum absolute atomic E-state index is 13.1. The topological polar surface area (TPSA) is 103 Å². The zero-order valence-electron chi connectivity index (χ0n) is 17.1. The van der Waals surface area contributed by atoms with Gasteiger partial charge in [-0.3, -0.25) is 14.2 Å². The number of para-hydroxylation sites is 2. The van der Waals surface area contributed by atoms with Crippen molar-refractivity contribution in [3.8, 4) is 11.4 Å². The first kappa shape index (κ1) is 22.6. The lowest BCUT2D eigenvalue weighted by molar-refractivity contribution is -0.118. The Hall–Kier alpha value is -3.04. The van der Waals surface area contributed by atoms with Crippen LogP contribution in [0.2, 0.25) is 5.02 Å². The summed E-state index contributed by atoms with van der Waals surface area (Å²) >= 11 is 7.47. The smallest absolute Gasteiger partial charge is 0.237 e. The normalized spacial score (nSPS) is 10.7. The molecular weight excluding hydrogens is 438 g/mol. The second-order valence-electron chi connectivity index (χ2n) is 6.64. The summed E-state index contributed by atoms with van der Waals surface area (Å²) in [6.07, 6.45) is 1.60. The van der Waals surface area contributed by atoms with Gasteiger partial charge in [-0.2, -0.15) is 0 Å². The first-order valence-electron chi connectivity index (χ1n) is 9.41. The molecule has 3 aromatic rings. The zero-order chi connectivity index (χ0) is 22.4. The summed E-state index contributed by atoms with van der Waals surface area (Å²) in [6.45, 7) is 2.07. The van der Waals surface area contributed by atoms with Crippen LogP contribution >= 0.6 is 23.4 Å². The predicted octanol–water partition coefficient (Wildman–Crippen LogP) is 3.24. The van der Waals surface area contributed by atoms with E-state index >= 15 is 0 Å². The molecule has 31 heavy (non-hydrogen) atoms. The lowest BCUT2D eigenvalue weighted by atomic mass is 10.2. The number of nitrogens with two attached hydrogens (primary N) is 1. The Morgan fingerprint density at radius 3 is 2.74 bits per heavy atom. The van der Waals surface area contributed by atoms with Crippen LogP contribution in [0.25, 0.3) is 5.69 Å². The van der Waals surface area contributed by atoms with Crippen molar-refractivity contribution < 1.29 is 14.3 Å². The number of aromatic nitrogens is 3. The number of hydrogen-bond acceptors (Lipinski definition) is 6. The molecule has 0 spiro atoms. The SMILES string of the molecule is COc1ccccc1N(CCC(N)=O)C(=O)CSc1nncn1-c1ccc(C)c(Cl)c1. The summed E-state index contributed by atoms with van der Waals surface area (Å²) in [6, 6.07) is 12.8. The first-order valence-corrected chi connectivity index (χ1v) is 10.8. The maximum Gasteiger partial charge on any atom is 0.237 e. The van der Waals surface area contributed by atoms with Gasteiger partial charge in [0.15, 0.2) is 5.16 Å². The lowest BCUT2D eigenvalue weighted by Crippen LogP contribution is -2.35. The molecule has 2 aromatic carbocycles. The molecule has 0 aliphatic heterocycles. The van der Waals surface area contributed by atoms with Gasteiger partial charge in [0, 0.05) is 18.0 Å². The van der Waals surface area contributed by atoms with Crippen molar-refractivity contribution in [2.24, 2.45) is 5.73 Å². The molecule has 0 bridgehead atoms. The number of rotatable bonds is 9. The van der Waals surface area contributed by atoms with Crippen molar-refractivity contribution in [2.75, 3.05) is 24.3 Å². The molecule has 8 nitrogen and oxygen atoms in total. The number of aryl methyl sites for hydroxylation is 1. The molecular formula is C21H22ClN5O3S. The van der Waals surface area contributed by atoms with Gasteiger partial charge in [0.05, 0.1) is 24.2 Å². The van der Waals surface area contributed by atoms with Gasteiger partial charge in [-0.05, 0) is 36.8 Å². The van der Waals surface area contributed by atoms with Crippen LogP contribution in [0.4, 0.5) is 5.69 Å². The minimum absolute atomic E-state index is 0.0342. The summed E-state index contributed by atoms with van der Waals surface area (Å²) in [5, 5.41) is 9.26. The fourth-order valence-electron chi connectivity index (χ4n) is 2.89. The Kier molecular flexibility index (Phi) is 7.54. The van der Waals surface area contributed by atoms with E-state index in [9.17, 15) is 9.59 Å². The van der Waals surface area contributed by atoms with Crippen LogP contribution in [0.3, 0.4) is 0 Å². The quantitative estimate of drug-likeness (QED) is 0.493. The van der Waals surface area contributed by atoms with Crippen molar-refractivity contribution in [1.82, 2.24) is 14.8 Å². The van der Waals surface area contributed by atoms with Gasteiger partial charge in [-0.15, -0.1) is 10.2 Å². The van der Waals surface area contributed by atoms with Crippen molar-refractivity contribution in [1.29, 1.82) is 0 Å². The number of ether oxygens (including phenoxy) is 1. The minimum atomic E-state index is -0.489. The fourth-order valence-corrected chi connectivity index (χ4v) is 3.87. The highest BCUT2D eigenvalue weighted by atomic mass is 35.5. The average Bonchev–Trinajstić information content (AvgIpc) is 3.23. The van der Waals surface area contributed by atoms with E-state index in [0.717, 1.165) is 11.3 Å². The number of hydrogen-bond donors (Lipinski definition) is 1. The summed E-state index contributed by atoms with van der Waals surface area (Å²) in [5.41, 5.74) is 7.63. The summed E-state index contributed by atoms with van der Waals surface area (Å²) < 4.78 is 7.14. The Morgan fingerprint density at radius 2 is 2.03 bits per heavy atom. The van der Waals surface area contributed by atoms with Gasteiger partial charge in [-0.25, -0.2) is 0 Å². The van der Waals surface area contributed by atoms with Gasteiger partial charge in [0.25, 0.3) is 0 Å². The number of halogens is 1. The number of thioether (sulfide) groups is 1. The van der Waals surface area contributed by atoms with Crippen molar-refractivity contribution >= 4 is 40.9 Å². The molecule has 0 fully saturated rings. The third kappa shape index (κ3) is 5.56. The van der Waals surface area contributed by atoms with Crippen molar-refractivity contribution in [3.63, 3.8) is 0 Å². The minimum Gasteiger partial charge on any atom is -0.495 e. The van der Waals surface area contributed by atoms with Gasteiger partial charge in [0.2, 0.25) is 11.8 Å². The molecule has 10 heteroatoms. The van der Waals surface area contributed by atoms with E-state index in [4.69, 9.17) is 22.1 Å². The lowest BCUT2D eigenvalue weighted by Gasteiger charge is -2.24. The number of amides is 2. The highest BCUT2D eigenvalue weighted by Gasteiger charge is 2.21. The van der Waals surface area contributed by atoms with Crippen LogP contribution < -0.4 is 15.4 Å². The molecule has 2 amide bonds. The molecule has 0 saturated heterocycles. The second-order valence-corrected chi connectivity index (χ2v) is 7.99. The van der Waals surface area contributed by atoms with Crippen LogP contribution in [0, 0.1) is 6.92 Å². The molecule has 0 unspecified atom stereocenters. The molecule has 0 saturated carbocycles. The Labute approximate surface area is 189 Å². The summed E-state index contributed by atoms with van der Waals surface area (Å²) in [5.74, 6) is -0.0962. The number of carbonyl (C=O) groups excluding carboxylic acids is 2. The van der Waals surface area contributed by atoms with Gasteiger partial charge < -0.3 is 15.4 Å². The average molecular weight is 460 g/mol. The molecule has 3 rings (SSSR count). The number of carbonyl (C=O) groups is 2. The maximum atomic E-state index is 13.1. The highest BCUT2D eigenvalue weighted by molar-refractivity contribution is 7.99. The largest absolute Gasteiger partial charge is 0.495 e. The third-order valence-electron chi connectivity index (χ3n) is 4.53. The number of primary amides is 1. The molecule has 1 heterocycles. The van der Waals surface area contributed by atoms with Gasteiger partial charge >= 0.3 is 0 Å². The second kappa shape index (κ2) is 10.3. The first-order chi connectivity index (χ1) is 14.9. The fraction of sp³-hybridized carbons (Fsp3) is 0.238. The van der Waals surface area contributed by atoms with Gasteiger partial charge in [0.1, 0.15) is 12.1 Å². The van der Waals surface area contributed by atoms with E-state index in [2.05, 4.69) is 10.2 Å². The monoisotopic (exact) mass is 459 g/mol. The summed E-state index contributed by atoms with van der Waals surface area (Å²) in [4.78, 5) is 25.9. The Morgan fingerprint density at radius 1 is 1.26 bits per heavy atom. The van der Waals surface area contributed by atoms with E-state index in [0.29, 0.717) is 21.6 Å². The molecule has 0 aliphatic rings. The number of methoxy groups -OCH3 is 1. The number of nitrogens with zero attached hydrogens (tertiary/aromatic N) is 4. The molecule has 0 aliphatic carbocycles. The van der Waals surface area contributed by atoms with E-state index in [1.54, 1.807) is 29.1 Å². The zero-order valence-corrected chi connectivity index (χ0v) is 18.7. The van der Waals surface area contributed by atoms with Crippen LogP contribution in [-0.2, 0) is 9.59 Å². The van der Waals surface area contributed by atoms with Crippen LogP contribution in [0.5, 0.6) is 5.75 Å². The predicted molar refractivity (Wildman–Crippen MR) is 121 cm³/mol. The van der Waals surface area contributed by atoms with Crippen molar-refractivity contribution in [3.05, 3.63) is 59.4 Å². The van der Waals surface area contributed by atoms with Gasteiger partial charge in [-0.1, -0.05) is 41.6 Å². The van der Waals surface area contributed by atoms with E-state index < -0.39 is 5.91 Å². The molecule has 2 N–H and O–H groups in total. The van der Waals surface area contributed by atoms with E-state index in [1.165, 1.54) is 23.8 Å². The Bertz CT molecular complexity index is 1090. The van der Waals surface area contributed by atoms with Crippen LogP contribution in [0.1, 0.15) is 12.0 Å². The highest BCUT2D eigenvalue weighted by Crippen LogP contribution is 2.29. The number of benzene rings is 2. The number of anilines is 1. The van der Waals surface area contributed by atoms with Crippen LogP contribution in [-0.4, -0.2) is 46.0 Å². The molecule has 162 valence electrons.